The van der Waals surface area contributed by atoms with E-state index in [-0.39, 0.29) is 0 Å². The van der Waals surface area contributed by atoms with E-state index in [4.69, 9.17) is 15.2 Å². The summed E-state index contributed by atoms with van der Waals surface area (Å²) in [6, 6.07) is 35.7. The lowest BCUT2D eigenvalue weighted by molar-refractivity contribution is 0.472. The number of para-hydroxylation sites is 2. The lowest BCUT2D eigenvalue weighted by Crippen LogP contribution is -2.14. The summed E-state index contributed by atoms with van der Waals surface area (Å²) in [6.45, 7) is 2.94. The van der Waals surface area contributed by atoms with Crippen molar-refractivity contribution in [2.45, 2.75) is 6.92 Å². The lowest BCUT2D eigenvalue weighted by atomic mass is 9.94. The molecule has 5 heteroatoms. The van der Waals surface area contributed by atoms with Gasteiger partial charge in [0.15, 0.2) is 0 Å². The summed E-state index contributed by atoms with van der Waals surface area (Å²) in [7, 11) is 0. The number of allylic oxidation sites excluding steroid dienone is 2. The van der Waals surface area contributed by atoms with Gasteiger partial charge < -0.3 is 20.5 Å². The van der Waals surface area contributed by atoms with E-state index in [9.17, 15) is 0 Å². The number of rotatable bonds is 3. The van der Waals surface area contributed by atoms with Crippen LogP contribution in [0.2, 0.25) is 0 Å². The quantitative estimate of drug-likeness (QED) is 0.211. The Morgan fingerprint density at radius 3 is 1.98 bits per heavy atom. The second kappa shape index (κ2) is 11.2. The molecule has 0 saturated carbocycles. The predicted molar refractivity (Wildman–Crippen MR) is 188 cm³/mol. The zero-order valence-electron chi connectivity index (χ0n) is 24.7. The first-order valence-corrected chi connectivity index (χ1v) is 15.8. The summed E-state index contributed by atoms with van der Waals surface area (Å²) < 4.78 is 15.0. The molecule has 2 aliphatic heterocycles. The Bertz CT molecular complexity index is 2200. The van der Waals surface area contributed by atoms with Gasteiger partial charge in [0.05, 0.1) is 0 Å². The zero-order valence-corrected chi connectivity index (χ0v) is 25.5. The highest BCUT2D eigenvalue weighted by molar-refractivity contribution is 7.19. The molecule has 0 bridgehead atoms. The minimum absolute atomic E-state index is 0.759. The number of aryl methyl sites for hydroxylation is 1. The second-order valence-corrected chi connectivity index (χ2v) is 12.4. The molecule has 4 nitrogen and oxygen atoms in total. The van der Waals surface area contributed by atoms with Crippen molar-refractivity contribution in [1.82, 2.24) is 5.32 Å². The van der Waals surface area contributed by atoms with Crippen LogP contribution in [0.1, 0.15) is 16.0 Å². The molecule has 0 unspecified atom stereocenters. The molecule has 0 spiro atoms. The molecule has 3 N–H and O–H groups in total. The van der Waals surface area contributed by atoms with Crippen LogP contribution in [0.25, 0.3) is 55.2 Å². The van der Waals surface area contributed by atoms with Crippen molar-refractivity contribution < 1.29 is 9.47 Å². The van der Waals surface area contributed by atoms with Gasteiger partial charge in [-0.2, -0.15) is 0 Å². The molecule has 0 fully saturated rings. The minimum Gasteiger partial charge on any atom is -0.456 e. The standard InChI is InChI=1S/C40H30N2O2S/c1-25-28(20-21-41)40-29(11-8-15-39(40)45-25)26-16-18-32-33-19-17-27(34-12-6-7-22-42-34)24-38(33)44-36-14-5-3-10-31(36)30-9-2-4-13-35(30)43-37(32)23-26/h2-21,23-24,42H,22,41H2,1H3/b21-20-. The highest BCUT2D eigenvalue weighted by atomic mass is 32.1. The first-order valence-electron chi connectivity index (χ1n) is 15.0. The number of thiophene rings is 1. The number of fused-ring (bicyclic) bond motifs is 7. The van der Waals surface area contributed by atoms with Crippen LogP contribution in [-0.2, 0) is 0 Å². The molecular formula is C40H30N2O2S. The largest absolute Gasteiger partial charge is 0.456 e. The van der Waals surface area contributed by atoms with E-state index in [0.29, 0.717) is 0 Å². The van der Waals surface area contributed by atoms with Crippen LogP contribution in [0.15, 0.2) is 128 Å². The molecule has 6 aromatic rings. The molecule has 218 valence electrons. The molecule has 2 aliphatic rings. The van der Waals surface area contributed by atoms with Gasteiger partial charge in [0.2, 0.25) is 0 Å². The van der Waals surface area contributed by atoms with Crippen LogP contribution in [0.4, 0.5) is 0 Å². The van der Waals surface area contributed by atoms with Crippen molar-refractivity contribution in [2.24, 2.45) is 5.73 Å². The zero-order chi connectivity index (χ0) is 30.3. The molecule has 0 radical (unpaired) electrons. The molecule has 0 atom stereocenters. The summed E-state index contributed by atoms with van der Waals surface area (Å²) in [6.07, 6.45) is 9.91. The SMILES string of the molecule is Cc1sc2cccc(-c3ccc4c(c3)Oc3ccccc3-c3ccccc3Oc3cc(C5=CC=CCN5)ccc3-4)c2c1/C=C\N. The van der Waals surface area contributed by atoms with Gasteiger partial charge in [0.1, 0.15) is 23.0 Å². The molecule has 0 aliphatic carbocycles. The van der Waals surface area contributed by atoms with Crippen molar-refractivity contribution in [1.29, 1.82) is 0 Å². The van der Waals surface area contributed by atoms with Gasteiger partial charge in [-0.25, -0.2) is 0 Å². The molecule has 3 heterocycles. The maximum atomic E-state index is 6.92. The topological polar surface area (TPSA) is 56.5 Å². The Kier molecular flexibility index (Phi) is 6.73. The molecule has 5 aromatic carbocycles. The third-order valence-electron chi connectivity index (χ3n) is 8.39. The minimum atomic E-state index is 0.759. The van der Waals surface area contributed by atoms with Gasteiger partial charge in [-0.1, -0.05) is 72.8 Å². The summed E-state index contributed by atoms with van der Waals surface area (Å²) in [5.41, 5.74) is 15.2. The van der Waals surface area contributed by atoms with E-state index < -0.39 is 0 Å². The number of hydrogen-bond acceptors (Lipinski definition) is 5. The van der Waals surface area contributed by atoms with Crippen molar-refractivity contribution in [3.63, 3.8) is 0 Å². The highest BCUT2D eigenvalue weighted by Crippen LogP contribution is 2.49. The van der Waals surface area contributed by atoms with Crippen LogP contribution in [-0.4, -0.2) is 6.54 Å². The van der Waals surface area contributed by atoms with Crippen molar-refractivity contribution in [3.05, 3.63) is 144 Å². The number of ether oxygens (including phenoxy) is 2. The third kappa shape index (κ3) is 4.78. The average molecular weight is 603 g/mol. The average Bonchev–Trinajstić information content (AvgIpc) is 3.40. The van der Waals surface area contributed by atoms with Crippen molar-refractivity contribution in [2.75, 3.05) is 6.54 Å². The van der Waals surface area contributed by atoms with E-state index in [1.807, 2.05) is 42.5 Å². The van der Waals surface area contributed by atoms with Crippen LogP contribution in [0.5, 0.6) is 23.0 Å². The van der Waals surface area contributed by atoms with Gasteiger partial charge >= 0.3 is 0 Å². The molecular weight excluding hydrogens is 573 g/mol. The Morgan fingerprint density at radius 2 is 1.31 bits per heavy atom. The Labute approximate surface area is 266 Å². The third-order valence-corrected chi connectivity index (χ3v) is 9.48. The van der Waals surface area contributed by atoms with Crippen LogP contribution in [0.3, 0.4) is 0 Å². The smallest absolute Gasteiger partial charge is 0.136 e. The van der Waals surface area contributed by atoms with Crippen molar-refractivity contribution in [3.8, 4) is 56.4 Å². The van der Waals surface area contributed by atoms with Crippen LogP contribution >= 0.6 is 11.3 Å². The summed E-state index contributed by atoms with van der Waals surface area (Å²) >= 11 is 1.79. The lowest BCUT2D eigenvalue weighted by Gasteiger charge is -2.23. The molecule has 0 amide bonds. The predicted octanol–water partition coefficient (Wildman–Crippen LogP) is 10.5. The Balaban J connectivity index is 1.37. The summed E-state index contributed by atoms with van der Waals surface area (Å²) in [5, 5.41) is 4.68. The van der Waals surface area contributed by atoms with Gasteiger partial charge in [-0.3, -0.25) is 0 Å². The fourth-order valence-electron chi connectivity index (χ4n) is 6.27. The van der Waals surface area contributed by atoms with Crippen molar-refractivity contribution >= 4 is 33.2 Å². The first-order chi connectivity index (χ1) is 22.2. The van der Waals surface area contributed by atoms with E-state index >= 15 is 0 Å². The fraction of sp³-hybridized carbons (Fsp3) is 0.0500. The van der Waals surface area contributed by atoms with Crippen LogP contribution < -0.4 is 20.5 Å². The molecule has 0 saturated heterocycles. The van der Waals surface area contributed by atoms with Crippen LogP contribution in [0, 0.1) is 6.92 Å². The van der Waals surface area contributed by atoms with Gasteiger partial charge in [0.25, 0.3) is 0 Å². The van der Waals surface area contributed by atoms with E-state index in [1.165, 1.54) is 15.0 Å². The monoisotopic (exact) mass is 602 g/mol. The van der Waals surface area contributed by atoms with Gasteiger partial charge in [-0.15, -0.1) is 11.3 Å². The van der Waals surface area contributed by atoms with E-state index in [0.717, 1.165) is 79.7 Å². The van der Waals surface area contributed by atoms with E-state index in [2.05, 4.69) is 97.2 Å². The maximum absolute atomic E-state index is 6.92. The summed E-state index contributed by atoms with van der Waals surface area (Å²) in [5.74, 6) is 3.07. The maximum Gasteiger partial charge on any atom is 0.136 e. The summed E-state index contributed by atoms with van der Waals surface area (Å²) in [4.78, 5) is 1.24. The normalized spacial score (nSPS) is 13.5. The Hall–Kier alpha value is -5.52. The number of nitrogens with two attached hydrogens (primary N) is 1. The highest BCUT2D eigenvalue weighted by Gasteiger charge is 2.22. The second-order valence-electron chi connectivity index (χ2n) is 11.1. The van der Waals surface area contributed by atoms with Gasteiger partial charge in [0, 0.05) is 55.0 Å². The Morgan fingerprint density at radius 1 is 0.689 bits per heavy atom. The number of benzene rings is 5. The molecule has 1 aromatic heterocycles. The fourth-order valence-corrected chi connectivity index (χ4v) is 7.35. The number of nitrogens with one attached hydrogen (secondary N) is 1. The number of hydrogen-bond donors (Lipinski definition) is 2. The molecule has 45 heavy (non-hydrogen) atoms. The number of dihydropyridines is 1. The molecule has 8 rings (SSSR count). The van der Waals surface area contributed by atoms with Gasteiger partial charge in [-0.05, 0) is 84.4 Å². The first kappa shape index (κ1) is 27.1. The van der Waals surface area contributed by atoms with E-state index in [1.54, 1.807) is 17.5 Å².